The van der Waals surface area contributed by atoms with Crippen molar-refractivity contribution >= 4 is 23.2 Å². The zero-order valence-electron chi connectivity index (χ0n) is 9.97. The number of hydrogen-bond acceptors (Lipinski definition) is 5. The van der Waals surface area contributed by atoms with Crippen LogP contribution in [-0.4, -0.2) is 35.6 Å². The van der Waals surface area contributed by atoms with Gasteiger partial charge in [-0.2, -0.15) is 0 Å². The molecule has 19 heavy (non-hydrogen) atoms. The topological polar surface area (TPSA) is 94.4 Å². The van der Waals surface area contributed by atoms with E-state index in [1.54, 1.807) is 6.08 Å². The fourth-order valence-corrected chi connectivity index (χ4v) is 1.41. The SMILES string of the molecule is C=CCOCCNC(=O)c1cc(Cl)ncc1[N+](=O)[O-]. The first kappa shape index (κ1) is 15.1. The number of aromatic nitrogens is 1. The first-order chi connectivity index (χ1) is 9.06. The monoisotopic (exact) mass is 285 g/mol. The Balaban J connectivity index is 2.68. The molecule has 0 aromatic carbocycles. The van der Waals surface area contributed by atoms with Crippen LogP contribution in [0.5, 0.6) is 0 Å². The van der Waals surface area contributed by atoms with Crippen molar-refractivity contribution in [3.63, 3.8) is 0 Å². The maximum Gasteiger partial charge on any atom is 0.300 e. The van der Waals surface area contributed by atoms with Crippen LogP contribution >= 0.6 is 11.6 Å². The van der Waals surface area contributed by atoms with Gasteiger partial charge in [-0.25, -0.2) is 4.98 Å². The lowest BCUT2D eigenvalue weighted by molar-refractivity contribution is -0.385. The van der Waals surface area contributed by atoms with Crippen LogP contribution in [0.25, 0.3) is 0 Å². The van der Waals surface area contributed by atoms with Crippen molar-refractivity contribution in [3.05, 3.63) is 45.7 Å². The maximum absolute atomic E-state index is 11.8. The molecular weight excluding hydrogens is 274 g/mol. The Morgan fingerprint density at radius 1 is 1.68 bits per heavy atom. The number of carbonyl (C=O) groups excluding carboxylic acids is 1. The molecule has 0 aliphatic carbocycles. The van der Waals surface area contributed by atoms with Crippen LogP contribution in [0.15, 0.2) is 24.9 Å². The molecule has 1 N–H and O–H groups in total. The lowest BCUT2D eigenvalue weighted by atomic mass is 10.2. The van der Waals surface area contributed by atoms with Gasteiger partial charge < -0.3 is 10.1 Å². The van der Waals surface area contributed by atoms with Crippen molar-refractivity contribution in [2.45, 2.75) is 0 Å². The second-order valence-electron chi connectivity index (χ2n) is 3.40. The predicted molar refractivity (Wildman–Crippen MR) is 69.3 cm³/mol. The third kappa shape index (κ3) is 4.65. The number of halogens is 1. The average molecular weight is 286 g/mol. The molecule has 102 valence electrons. The molecule has 0 saturated carbocycles. The predicted octanol–water partition coefficient (Wildman–Crippen LogP) is 1.58. The van der Waals surface area contributed by atoms with Gasteiger partial charge in [-0.1, -0.05) is 17.7 Å². The zero-order valence-corrected chi connectivity index (χ0v) is 10.7. The van der Waals surface area contributed by atoms with E-state index in [2.05, 4.69) is 16.9 Å². The van der Waals surface area contributed by atoms with Crippen LogP contribution in [0.1, 0.15) is 10.4 Å². The summed E-state index contributed by atoms with van der Waals surface area (Å²) in [5.74, 6) is -0.599. The molecule has 0 radical (unpaired) electrons. The number of nitro groups is 1. The Hall–Kier alpha value is -1.99. The summed E-state index contributed by atoms with van der Waals surface area (Å²) in [6.45, 7) is 4.35. The molecule has 0 fully saturated rings. The van der Waals surface area contributed by atoms with Crippen molar-refractivity contribution in [1.29, 1.82) is 0 Å². The third-order valence-corrected chi connectivity index (χ3v) is 2.27. The Kier molecular flexibility index (Phi) is 5.91. The van der Waals surface area contributed by atoms with Gasteiger partial charge in [-0.3, -0.25) is 14.9 Å². The standard InChI is InChI=1S/C11H12ClN3O4/c1-2-4-19-5-3-13-11(16)8-6-10(12)14-7-9(8)15(17)18/h2,6-7H,1,3-5H2,(H,13,16). The van der Waals surface area contributed by atoms with Gasteiger partial charge in [0.25, 0.3) is 11.6 Å². The number of pyridine rings is 1. The fraction of sp³-hybridized carbons (Fsp3) is 0.273. The van der Waals surface area contributed by atoms with Gasteiger partial charge in [-0.05, 0) is 6.07 Å². The minimum absolute atomic E-state index is 0.0126. The quantitative estimate of drug-likeness (QED) is 0.270. The number of ether oxygens (including phenoxy) is 1. The van der Waals surface area contributed by atoms with E-state index in [0.717, 1.165) is 12.3 Å². The number of nitrogens with zero attached hydrogens (tertiary/aromatic N) is 2. The van der Waals surface area contributed by atoms with Gasteiger partial charge in [-0.15, -0.1) is 6.58 Å². The van der Waals surface area contributed by atoms with E-state index in [4.69, 9.17) is 16.3 Å². The summed E-state index contributed by atoms with van der Waals surface area (Å²) in [6, 6.07) is 1.15. The maximum atomic E-state index is 11.8. The second-order valence-corrected chi connectivity index (χ2v) is 3.79. The van der Waals surface area contributed by atoms with Gasteiger partial charge >= 0.3 is 0 Å². The number of amides is 1. The highest BCUT2D eigenvalue weighted by Crippen LogP contribution is 2.19. The summed E-state index contributed by atoms with van der Waals surface area (Å²) in [6.07, 6.45) is 2.53. The van der Waals surface area contributed by atoms with Gasteiger partial charge in [0, 0.05) is 6.54 Å². The van der Waals surface area contributed by atoms with E-state index >= 15 is 0 Å². The highest BCUT2D eigenvalue weighted by atomic mass is 35.5. The highest BCUT2D eigenvalue weighted by Gasteiger charge is 2.20. The summed E-state index contributed by atoms with van der Waals surface area (Å²) in [5.41, 5.74) is -0.525. The minimum atomic E-state index is -0.688. The van der Waals surface area contributed by atoms with E-state index in [1.165, 1.54) is 0 Å². The molecule has 0 unspecified atom stereocenters. The largest absolute Gasteiger partial charge is 0.376 e. The molecule has 0 atom stereocenters. The summed E-state index contributed by atoms with van der Waals surface area (Å²) in [4.78, 5) is 25.4. The molecule has 1 heterocycles. The van der Waals surface area contributed by atoms with Crippen molar-refractivity contribution in [1.82, 2.24) is 10.3 Å². The van der Waals surface area contributed by atoms with Crippen LogP contribution in [0.4, 0.5) is 5.69 Å². The van der Waals surface area contributed by atoms with Crippen molar-refractivity contribution in [3.8, 4) is 0 Å². The smallest absolute Gasteiger partial charge is 0.300 e. The number of carbonyl (C=O) groups is 1. The summed E-state index contributed by atoms with van der Waals surface area (Å²) in [7, 11) is 0. The molecule has 7 nitrogen and oxygen atoms in total. The minimum Gasteiger partial charge on any atom is -0.376 e. The lowest BCUT2D eigenvalue weighted by Crippen LogP contribution is -2.28. The van der Waals surface area contributed by atoms with Crippen LogP contribution in [0.2, 0.25) is 5.15 Å². The van der Waals surface area contributed by atoms with Gasteiger partial charge in [0.2, 0.25) is 0 Å². The Bertz CT molecular complexity index is 493. The Morgan fingerprint density at radius 3 is 3.05 bits per heavy atom. The number of nitrogens with one attached hydrogen (secondary N) is 1. The molecule has 0 bridgehead atoms. The Labute approximate surface area is 114 Å². The van der Waals surface area contributed by atoms with E-state index in [0.29, 0.717) is 6.61 Å². The zero-order chi connectivity index (χ0) is 14.3. The second kappa shape index (κ2) is 7.45. The molecule has 0 aliphatic heterocycles. The van der Waals surface area contributed by atoms with E-state index in [9.17, 15) is 14.9 Å². The molecule has 0 spiro atoms. The molecule has 1 aromatic rings. The van der Waals surface area contributed by atoms with Gasteiger partial charge in [0.15, 0.2) is 0 Å². The van der Waals surface area contributed by atoms with E-state index in [1.807, 2.05) is 0 Å². The van der Waals surface area contributed by atoms with Crippen LogP contribution in [0, 0.1) is 10.1 Å². The summed E-state index contributed by atoms with van der Waals surface area (Å²) >= 11 is 5.62. The number of hydrogen-bond donors (Lipinski definition) is 1. The van der Waals surface area contributed by atoms with Crippen molar-refractivity contribution in [2.75, 3.05) is 19.8 Å². The van der Waals surface area contributed by atoms with Gasteiger partial charge in [0.1, 0.15) is 16.9 Å². The van der Waals surface area contributed by atoms with Crippen molar-refractivity contribution in [2.24, 2.45) is 0 Å². The Morgan fingerprint density at radius 2 is 2.42 bits per heavy atom. The van der Waals surface area contributed by atoms with Crippen LogP contribution in [0.3, 0.4) is 0 Å². The van der Waals surface area contributed by atoms with Crippen LogP contribution < -0.4 is 5.32 Å². The average Bonchev–Trinajstić information content (AvgIpc) is 2.37. The molecule has 0 saturated heterocycles. The van der Waals surface area contributed by atoms with E-state index in [-0.39, 0.29) is 23.9 Å². The summed E-state index contributed by atoms with van der Waals surface area (Å²) in [5, 5.41) is 13.3. The highest BCUT2D eigenvalue weighted by molar-refractivity contribution is 6.29. The van der Waals surface area contributed by atoms with Gasteiger partial charge in [0.05, 0.1) is 18.1 Å². The normalized spacial score (nSPS) is 9.95. The van der Waals surface area contributed by atoms with Crippen LogP contribution in [-0.2, 0) is 4.74 Å². The third-order valence-electron chi connectivity index (χ3n) is 2.06. The van der Waals surface area contributed by atoms with Crippen molar-refractivity contribution < 1.29 is 14.5 Å². The molecule has 1 aromatic heterocycles. The first-order valence-electron chi connectivity index (χ1n) is 5.33. The first-order valence-corrected chi connectivity index (χ1v) is 5.71. The molecular formula is C11H12ClN3O4. The fourth-order valence-electron chi connectivity index (χ4n) is 1.25. The summed E-state index contributed by atoms with van der Waals surface area (Å²) < 4.78 is 5.07. The molecule has 8 heteroatoms. The van der Waals surface area contributed by atoms with E-state index < -0.39 is 16.5 Å². The lowest BCUT2D eigenvalue weighted by Gasteiger charge is -2.06. The molecule has 0 aliphatic rings. The number of rotatable bonds is 7. The molecule has 1 amide bonds. The molecule has 1 rings (SSSR count).